The number of rotatable bonds is 7. The number of fused-ring (bicyclic) bond motifs is 2. The lowest BCUT2D eigenvalue weighted by Gasteiger charge is -2.15. The van der Waals surface area contributed by atoms with Crippen LogP contribution >= 0.6 is 0 Å². The maximum atomic E-state index is 13.5. The van der Waals surface area contributed by atoms with E-state index in [1.165, 1.54) is 23.0 Å². The quantitative estimate of drug-likeness (QED) is 0.361. The van der Waals surface area contributed by atoms with Gasteiger partial charge in [-0.25, -0.2) is 14.2 Å². The molecular formula is C27H25FN6O4. The molecule has 0 fully saturated rings. The van der Waals surface area contributed by atoms with Crippen LogP contribution in [-0.4, -0.2) is 44.0 Å². The van der Waals surface area contributed by atoms with Gasteiger partial charge in [0.25, 0.3) is 17.6 Å². The largest absolute Gasteiger partial charge is 0.462 e. The summed E-state index contributed by atoms with van der Waals surface area (Å²) in [6.45, 7) is 3.86. The number of esters is 1. The molecule has 0 aliphatic heterocycles. The number of hydrogen-bond donors (Lipinski definition) is 2. The zero-order valence-electron chi connectivity index (χ0n) is 20.8. The van der Waals surface area contributed by atoms with Crippen LogP contribution in [0.1, 0.15) is 73.0 Å². The molecule has 4 aromatic rings. The van der Waals surface area contributed by atoms with Gasteiger partial charge in [0.15, 0.2) is 0 Å². The van der Waals surface area contributed by atoms with Gasteiger partial charge in [-0.1, -0.05) is 18.2 Å². The van der Waals surface area contributed by atoms with Gasteiger partial charge in [-0.2, -0.15) is 14.6 Å². The number of hydrogen-bond acceptors (Lipinski definition) is 7. The van der Waals surface area contributed by atoms with E-state index in [2.05, 4.69) is 25.7 Å². The van der Waals surface area contributed by atoms with Crippen molar-refractivity contribution in [3.05, 3.63) is 93.8 Å². The van der Waals surface area contributed by atoms with Crippen molar-refractivity contribution in [3.8, 4) is 0 Å². The molecule has 1 aliphatic rings. The van der Waals surface area contributed by atoms with E-state index in [-0.39, 0.29) is 41.5 Å². The van der Waals surface area contributed by atoms with E-state index in [0.29, 0.717) is 30.6 Å². The van der Waals surface area contributed by atoms with E-state index in [4.69, 9.17) is 4.74 Å². The number of ether oxygens (including phenoxy) is 1. The van der Waals surface area contributed by atoms with Gasteiger partial charge in [0, 0.05) is 12.6 Å². The molecule has 10 nitrogen and oxygen atoms in total. The number of halogens is 1. The van der Waals surface area contributed by atoms with Gasteiger partial charge in [0.1, 0.15) is 23.5 Å². The Morgan fingerprint density at radius 3 is 2.76 bits per heavy atom. The highest BCUT2D eigenvalue weighted by Crippen LogP contribution is 2.32. The Hall–Kier alpha value is -4.67. The first-order valence-corrected chi connectivity index (χ1v) is 12.2. The van der Waals surface area contributed by atoms with Crippen LogP contribution < -0.4 is 10.6 Å². The molecule has 1 atom stereocenters. The van der Waals surface area contributed by atoms with Crippen molar-refractivity contribution in [1.82, 2.24) is 30.2 Å². The molecular weight excluding hydrogens is 491 g/mol. The second-order valence-electron chi connectivity index (χ2n) is 8.96. The van der Waals surface area contributed by atoms with Crippen molar-refractivity contribution in [3.63, 3.8) is 0 Å². The highest BCUT2D eigenvalue weighted by atomic mass is 19.1. The average Bonchev–Trinajstić information content (AvgIpc) is 3.55. The molecule has 2 N–H and O–H groups in total. The van der Waals surface area contributed by atoms with Gasteiger partial charge in [0.05, 0.1) is 18.2 Å². The summed E-state index contributed by atoms with van der Waals surface area (Å²) in [6.07, 6.45) is 2.60. The van der Waals surface area contributed by atoms with Crippen LogP contribution in [0.2, 0.25) is 0 Å². The van der Waals surface area contributed by atoms with Crippen LogP contribution in [0, 0.1) is 12.7 Å². The van der Waals surface area contributed by atoms with E-state index in [9.17, 15) is 18.8 Å². The van der Waals surface area contributed by atoms with Gasteiger partial charge in [-0.05, 0) is 67.1 Å². The summed E-state index contributed by atoms with van der Waals surface area (Å²) in [4.78, 5) is 46.6. The molecule has 0 spiro atoms. The maximum Gasteiger partial charge on any atom is 0.338 e. The van der Waals surface area contributed by atoms with Crippen molar-refractivity contribution < 1.29 is 23.5 Å². The SMILES string of the molecule is CCOC(=O)c1ccc2c(c1)CC[C@@H]2NC(=O)c1cc(C(=O)NCc2ccc(F)c(C)c2)nc2ncnn12. The zero-order valence-corrected chi connectivity index (χ0v) is 20.8. The van der Waals surface area contributed by atoms with Crippen LogP contribution in [-0.2, 0) is 17.7 Å². The number of benzene rings is 2. The molecule has 0 bridgehead atoms. The first-order valence-electron chi connectivity index (χ1n) is 12.2. The molecule has 0 saturated heterocycles. The molecule has 1 aliphatic carbocycles. The molecule has 0 radical (unpaired) electrons. The number of nitrogens with zero attached hydrogens (tertiary/aromatic N) is 4. The predicted molar refractivity (Wildman–Crippen MR) is 134 cm³/mol. The second-order valence-corrected chi connectivity index (χ2v) is 8.96. The third-order valence-corrected chi connectivity index (χ3v) is 6.43. The minimum absolute atomic E-state index is 0.000356. The normalized spacial score (nSPS) is 14.2. The summed E-state index contributed by atoms with van der Waals surface area (Å²) < 4.78 is 19.9. The van der Waals surface area contributed by atoms with Gasteiger partial charge in [0.2, 0.25) is 0 Å². The fourth-order valence-corrected chi connectivity index (χ4v) is 4.52. The molecule has 2 amide bonds. The third-order valence-electron chi connectivity index (χ3n) is 6.43. The smallest absolute Gasteiger partial charge is 0.338 e. The third kappa shape index (κ3) is 4.95. The molecule has 5 rings (SSSR count). The topological polar surface area (TPSA) is 128 Å². The zero-order chi connectivity index (χ0) is 26.8. The highest BCUT2D eigenvalue weighted by molar-refractivity contribution is 5.98. The Kier molecular flexibility index (Phi) is 6.82. The Balaban J connectivity index is 1.34. The number of amides is 2. The number of carbonyl (C=O) groups is 3. The van der Waals surface area contributed by atoms with E-state index in [1.54, 1.807) is 38.1 Å². The van der Waals surface area contributed by atoms with E-state index >= 15 is 0 Å². The van der Waals surface area contributed by atoms with Gasteiger partial charge >= 0.3 is 5.97 Å². The number of aryl methyl sites for hydroxylation is 2. The maximum absolute atomic E-state index is 13.5. The Morgan fingerprint density at radius 2 is 1.97 bits per heavy atom. The monoisotopic (exact) mass is 516 g/mol. The van der Waals surface area contributed by atoms with Crippen molar-refractivity contribution in [2.24, 2.45) is 0 Å². The summed E-state index contributed by atoms with van der Waals surface area (Å²) in [5.74, 6) is -1.55. The number of aromatic nitrogens is 4. The van der Waals surface area contributed by atoms with E-state index in [1.807, 2.05) is 6.07 Å². The first kappa shape index (κ1) is 25.0. The fourth-order valence-electron chi connectivity index (χ4n) is 4.52. The summed E-state index contributed by atoms with van der Waals surface area (Å²) >= 11 is 0. The van der Waals surface area contributed by atoms with Crippen LogP contribution in [0.5, 0.6) is 0 Å². The summed E-state index contributed by atoms with van der Waals surface area (Å²) in [5.41, 5.74) is 3.67. The predicted octanol–water partition coefficient (Wildman–Crippen LogP) is 3.10. The molecule has 2 aromatic carbocycles. The Bertz CT molecular complexity index is 1570. The summed E-state index contributed by atoms with van der Waals surface area (Å²) in [7, 11) is 0. The lowest BCUT2D eigenvalue weighted by Crippen LogP contribution is -2.30. The Morgan fingerprint density at radius 1 is 1.13 bits per heavy atom. The molecule has 38 heavy (non-hydrogen) atoms. The summed E-state index contributed by atoms with van der Waals surface area (Å²) in [5, 5.41) is 9.83. The van der Waals surface area contributed by atoms with Crippen molar-refractivity contribution in [2.45, 2.75) is 39.3 Å². The average molecular weight is 517 g/mol. The second kappa shape index (κ2) is 10.4. The van der Waals surface area contributed by atoms with Crippen LogP contribution in [0.4, 0.5) is 4.39 Å². The first-order chi connectivity index (χ1) is 18.3. The minimum atomic E-state index is -0.510. The van der Waals surface area contributed by atoms with Crippen LogP contribution in [0.3, 0.4) is 0 Å². The van der Waals surface area contributed by atoms with Gasteiger partial charge in [-0.3, -0.25) is 9.59 Å². The molecule has 2 aromatic heterocycles. The fraction of sp³-hybridized carbons (Fsp3) is 0.259. The van der Waals surface area contributed by atoms with E-state index in [0.717, 1.165) is 16.7 Å². The highest BCUT2D eigenvalue weighted by Gasteiger charge is 2.27. The molecule has 194 valence electrons. The number of nitrogens with one attached hydrogen (secondary N) is 2. The molecule has 0 saturated carbocycles. The standard InChI is InChI=1S/C27H25FN6O4/c1-3-38-26(37)18-5-7-19-17(11-18)6-9-21(19)32-25(36)23-12-22(33-27-30-14-31-34(23)27)24(35)29-13-16-4-8-20(28)15(2)10-16/h4-5,7-8,10-12,14,21H,3,6,9,13H2,1-2H3,(H,29,35)(H,32,36)/t21-/m0/s1. The summed E-state index contributed by atoms with van der Waals surface area (Å²) in [6, 6.07) is 11.0. The number of carbonyl (C=O) groups excluding carboxylic acids is 3. The lowest BCUT2D eigenvalue weighted by molar-refractivity contribution is 0.0526. The molecule has 2 heterocycles. The van der Waals surface area contributed by atoms with Gasteiger partial charge < -0.3 is 15.4 Å². The molecule has 0 unspecified atom stereocenters. The van der Waals surface area contributed by atoms with Gasteiger partial charge in [-0.15, -0.1) is 0 Å². The van der Waals surface area contributed by atoms with Crippen molar-refractivity contribution in [1.29, 1.82) is 0 Å². The van der Waals surface area contributed by atoms with E-state index < -0.39 is 11.8 Å². The Labute approximate surface area is 217 Å². The minimum Gasteiger partial charge on any atom is -0.462 e. The lowest BCUT2D eigenvalue weighted by atomic mass is 10.0. The van der Waals surface area contributed by atoms with Crippen molar-refractivity contribution >= 4 is 23.6 Å². The van der Waals surface area contributed by atoms with Crippen LogP contribution in [0.25, 0.3) is 5.78 Å². The van der Waals surface area contributed by atoms with Crippen molar-refractivity contribution in [2.75, 3.05) is 6.61 Å². The van der Waals surface area contributed by atoms with Crippen LogP contribution in [0.15, 0.2) is 48.8 Å². The molecule has 11 heteroatoms.